The van der Waals surface area contributed by atoms with Crippen molar-refractivity contribution in [2.75, 3.05) is 27.1 Å². The molecule has 0 fully saturated rings. The van der Waals surface area contributed by atoms with Gasteiger partial charge in [0, 0.05) is 13.7 Å². The van der Waals surface area contributed by atoms with E-state index in [1.807, 2.05) is 30.3 Å². The van der Waals surface area contributed by atoms with Crippen LogP contribution >= 0.6 is 7.60 Å². The Morgan fingerprint density at radius 2 is 1.64 bits per heavy atom. The van der Waals surface area contributed by atoms with Gasteiger partial charge in [-0.1, -0.05) is 58.0 Å². The number of ether oxygens (including phenoxy) is 4. The summed E-state index contributed by atoms with van der Waals surface area (Å²) in [5.74, 6) is -0.771. The molecule has 7 nitrogen and oxygen atoms in total. The van der Waals surface area contributed by atoms with Crippen LogP contribution in [0.3, 0.4) is 0 Å². The summed E-state index contributed by atoms with van der Waals surface area (Å²) in [7, 11) is -3.03. The molecule has 0 aliphatic carbocycles. The van der Waals surface area contributed by atoms with Gasteiger partial charge in [0.2, 0.25) is 0 Å². The van der Waals surface area contributed by atoms with Crippen LogP contribution in [0, 0.1) is 11.8 Å². The van der Waals surface area contributed by atoms with E-state index in [2.05, 4.69) is 0 Å². The van der Waals surface area contributed by atoms with Crippen LogP contribution < -0.4 is 0 Å². The van der Waals surface area contributed by atoms with Gasteiger partial charge in [0.1, 0.15) is 6.79 Å². The van der Waals surface area contributed by atoms with E-state index in [0.29, 0.717) is 19.6 Å². The second kappa shape index (κ2) is 12.0. The summed E-state index contributed by atoms with van der Waals surface area (Å²) in [4.78, 5) is 20.2. The standard InChI is InChI=1S/C20H35O7P/c1-16(2)20(17(3)4,28(21,22)23)27-19(14-26-15-24-5)11-12-25-13-18-9-7-6-8-10-18/h6-10,16-17,19H,11-15H2,1-5H3,(H2,21,22,23). The summed E-state index contributed by atoms with van der Waals surface area (Å²) in [6, 6.07) is 9.80. The molecule has 0 saturated heterocycles. The highest BCUT2D eigenvalue weighted by Crippen LogP contribution is 2.59. The third-order valence-corrected chi connectivity index (χ3v) is 6.71. The molecule has 1 atom stereocenters. The fourth-order valence-electron chi connectivity index (χ4n) is 3.37. The molecule has 0 heterocycles. The Morgan fingerprint density at radius 3 is 2.14 bits per heavy atom. The minimum atomic E-state index is -4.55. The van der Waals surface area contributed by atoms with Crippen LogP contribution in [0.4, 0.5) is 0 Å². The van der Waals surface area contributed by atoms with Crippen molar-refractivity contribution >= 4 is 7.60 Å². The predicted molar refractivity (Wildman–Crippen MR) is 108 cm³/mol. The van der Waals surface area contributed by atoms with Crippen LogP contribution in [0.5, 0.6) is 0 Å². The summed E-state index contributed by atoms with van der Waals surface area (Å²) < 4.78 is 34.5. The van der Waals surface area contributed by atoms with Crippen LogP contribution in [0.2, 0.25) is 0 Å². The molecule has 0 amide bonds. The van der Waals surface area contributed by atoms with Gasteiger partial charge in [0.15, 0.2) is 5.34 Å². The maximum atomic E-state index is 12.4. The maximum absolute atomic E-state index is 12.4. The van der Waals surface area contributed by atoms with Crippen LogP contribution in [0.15, 0.2) is 30.3 Å². The first-order chi connectivity index (χ1) is 13.1. The lowest BCUT2D eigenvalue weighted by Gasteiger charge is -2.43. The zero-order chi connectivity index (χ0) is 21.2. The summed E-state index contributed by atoms with van der Waals surface area (Å²) in [5, 5.41) is -1.59. The van der Waals surface area contributed by atoms with E-state index >= 15 is 0 Å². The Bertz CT molecular complexity index is 577. The van der Waals surface area contributed by atoms with Gasteiger partial charge in [-0.25, -0.2) is 0 Å². The highest BCUT2D eigenvalue weighted by Gasteiger charge is 2.54. The van der Waals surface area contributed by atoms with E-state index in [1.165, 1.54) is 7.11 Å². The minimum Gasteiger partial charge on any atom is -0.377 e. The molecular formula is C20H35O7P. The lowest BCUT2D eigenvalue weighted by molar-refractivity contribution is -0.148. The first-order valence-corrected chi connectivity index (χ1v) is 11.2. The molecule has 28 heavy (non-hydrogen) atoms. The quantitative estimate of drug-likeness (QED) is 0.270. The van der Waals surface area contributed by atoms with E-state index in [4.69, 9.17) is 18.9 Å². The Labute approximate surface area is 168 Å². The molecule has 0 aliphatic heterocycles. The Morgan fingerprint density at radius 1 is 1.04 bits per heavy atom. The van der Waals surface area contributed by atoms with Crippen molar-refractivity contribution in [1.82, 2.24) is 0 Å². The minimum absolute atomic E-state index is 0.0804. The normalized spacial score (nSPS) is 14.0. The Balaban J connectivity index is 2.81. The molecule has 1 unspecified atom stereocenters. The Hall–Kier alpha value is -0.790. The zero-order valence-corrected chi connectivity index (χ0v) is 18.4. The number of hydrogen-bond donors (Lipinski definition) is 2. The van der Waals surface area contributed by atoms with Gasteiger partial charge in [0.25, 0.3) is 0 Å². The molecule has 2 N–H and O–H groups in total. The topological polar surface area (TPSA) is 94.5 Å². The second-order valence-corrected chi connectivity index (χ2v) is 9.24. The molecule has 8 heteroatoms. The van der Waals surface area contributed by atoms with Crippen molar-refractivity contribution in [1.29, 1.82) is 0 Å². The third-order valence-electron chi connectivity index (χ3n) is 4.67. The highest BCUT2D eigenvalue weighted by molar-refractivity contribution is 7.53. The van der Waals surface area contributed by atoms with Crippen LogP contribution in [-0.2, 0) is 30.1 Å². The lowest BCUT2D eigenvalue weighted by Crippen LogP contribution is -2.47. The maximum Gasteiger partial charge on any atom is 0.357 e. The molecule has 0 saturated carbocycles. The van der Waals surface area contributed by atoms with Crippen LogP contribution in [0.1, 0.15) is 39.7 Å². The van der Waals surface area contributed by atoms with Gasteiger partial charge >= 0.3 is 7.60 Å². The fraction of sp³-hybridized carbons (Fsp3) is 0.700. The van der Waals surface area contributed by atoms with Crippen molar-refractivity contribution in [3.05, 3.63) is 35.9 Å². The summed E-state index contributed by atoms with van der Waals surface area (Å²) in [6.07, 6.45) is -0.0964. The third kappa shape index (κ3) is 7.23. The van der Waals surface area contributed by atoms with E-state index < -0.39 is 19.0 Å². The van der Waals surface area contributed by atoms with Gasteiger partial charge in [-0.05, 0) is 23.8 Å². The SMILES string of the molecule is COCOCC(CCOCc1ccccc1)OC(C(C)C)(C(C)C)P(=O)(O)O. The summed E-state index contributed by atoms with van der Waals surface area (Å²) >= 11 is 0. The number of hydrogen-bond acceptors (Lipinski definition) is 5. The molecular weight excluding hydrogens is 383 g/mol. The second-order valence-electron chi connectivity index (χ2n) is 7.45. The average Bonchev–Trinajstić information content (AvgIpc) is 2.61. The lowest BCUT2D eigenvalue weighted by atomic mass is 9.94. The van der Waals surface area contributed by atoms with Crippen LogP contribution in [-0.4, -0.2) is 48.3 Å². The van der Waals surface area contributed by atoms with Gasteiger partial charge < -0.3 is 28.7 Å². The van der Waals surface area contributed by atoms with Gasteiger partial charge in [0.05, 0.1) is 19.3 Å². The monoisotopic (exact) mass is 418 g/mol. The Kier molecular flexibility index (Phi) is 10.8. The zero-order valence-electron chi connectivity index (χ0n) is 17.5. The van der Waals surface area contributed by atoms with E-state index in [1.54, 1.807) is 27.7 Å². The molecule has 0 aromatic heterocycles. The molecule has 0 bridgehead atoms. The number of methoxy groups -OCH3 is 1. The van der Waals surface area contributed by atoms with Gasteiger partial charge in [-0.15, -0.1) is 0 Å². The van der Waals surface area contributed by atoms with Crippen molar-refractivity contribution < 1.29 is 33.3 Å². The summed E-state index contributed by atoms with van der Waals surface area (Å²) in [5.41, 5.74) is 1.06. The molecule has 1 aromatic carbocycles. The number of benzene rings is 1. The number of rotatable bonds is 14. The first kappa shape index (κ1) is 25.2. The average molecular weight is 418 g/mol. The molecule has 1 aromatic rings. The molecule has 0 spiro atoms. The highest BCUT2D eigenvalue weighted by atomic mass is 31.2. The van der Waals surface area contributed by atoms with Crippen molar-refractivity contribution in [2.24, 2.45) is 11.8 Å². The molecule has 1 rings (SSSR count). The van der Waals surface area contributed by atoms with Gasteiger partial charge in [-0.2, -0.15) is 0 Å². The van der Waals surface area contributed by atoms with Crippen LogP contribution in [0.25, 0.3) is 0 Å². The fourth-order valence-corrected chi connectivity index (χ4v) is 5.00. The van der Waals surface area contributed by atoms with E-state index in [-0.39, 0.29) is 25.2 Å². The van der Waals surface area contributed by atoms with Crippen molar-refractivity contribution in [3.63, 3.8) is 0 Å². The summed E-state index contributed by atoms with van der Waals surface area (Å²) in [6.45, 7) is 8.13. The van der Waals surface area contributed by atoms with Crippen molar-refractivity contribution in [2.45, 2.75) is 52.2 Å². The molecule has 162 valence electrons. The van der Waals surface area contributed by atoms with Gasteiger partial charge in [-0.3, -0.25) is 4.57 Å². The first-order valence-electron chi connectivity index (χ1n) is 9.57. The molecule has 0 aliphatic rings. The smallest absolute Gasteiger partial charge is 0.357 e. The largest absolute Gasteiger partial charge is 0.377 e. The van der Waals surface area contributed by atoms with E-state index in [9.17, 15) is 14.4 Å². The predicted octanol–water partition coefficient (Wildman–Crippen LogP) is 3.79. The van der Waals surface area contributed by atoms with E-state index in [0.717, 1.165) is 5.56 Å². The molecule has 0 radical (unpaired) electrons. The van der Waals surface area contributed by atoms with Crippen molar-refractivity contribution in [3.8, 4) is 0 Å².